The summed E-state index contributed by atoms with van der Waals surface area (Å²) >= 11 is 0. The number of carbonyl (C=O) groups excluding carboxylic acids is 3. The summed E-state index contributed by atoms with van der Waals surface area (Å²) in [6, 6.07) is 3.63. The first-order valence-corrected chi connectivity index (χ1v) is 8.06. The van der Waals surface area contributed by atoms with Crippen LogP contribution in [0.25, 0.3) is 0 Å². The van der Waals surface area contributed by atoms with Crippen molar-refractivity contribution in [3.8, 4) is 0 Å². The third kappa shape index (κ3) is 4.68. The van der Waals surface area contributed by atoms with Gasteiger partial charge in [-0.15, -0.1) is 0 Å². The SMILES string of the molecule is CCOC(=O)N1CCC(C(=O)Nc2cc(C(=O)OC)ccc2F)CC1. The fourth-order valence-corrected chi connectivity index (χ4v) is 2.64. The second kappa shape index (κ2) is 8.46. The molecule has 0 saturated carbocycles. The molecule has 1 heterocycles. The van der Waals surface area contributed by atoms with E-state index in [1.807, 2.05) is 0 Å². The van der Waals surface area contributed by atoms with Crippen LogP contribution >= 0.6 is 0 Å². The van der Waals surface area contributed by atoms with E-state index in [2.05, 4.69) is 10.1 Å². The Kier molecular flexibility index (Phi) is 6.32. The van der Waals surface area contributed by atoms with Gasteiger partial charge in [0, 0.05) is 19.0 Å². The van der Waals surface area contributed by atoms with E-state index in [0.717, 1.165) is 6.07 Å². The number of benzene rings is 1. The Labute approximate surface area is 145 Å². The molecule has 0 aliphatic carbocycles. The normalized spacial score (nSPS) is 14.8. The number of likely N-dealkylation sites (tertiary alicyclic amines) is 1. The van der Waals surface area contributed by atoms with Gasteiger partial charge in [0.05, 0.1) is 25.0 Å². The first-order valence-electron chi connectivity index (χ1n) is 8.06. The number of hydrogen-bond acceptors (Lipinski definition) is 5. The summed E-state index contributed by atoms with van der Waals surface area (Å²) in [5.74, 6) is -1.93. The second-order valence-corrected chi connectivity index (χ2v) is 5.64. The van der Waals surface area contributed by atoms with Gasteiger partial charge in [0.2, 0.25) is 5.91 Å². The van der Waals surface area contributed by atoms with E-state index in [4.69, 9.17) is 4.74 Å². The summed E-state index contributed by atoms with van der Waals surface area (Å²) in [4.78, 5) is 37.1. The van der Waals surface area contributed by atoms with Gasteiger partial charge in [-0.2, -0.15) is 0 Å². The second-order valence-electron chi connectivity index (χ2n) is 5.64. The fraction of sp³-hybridized carbons (Fsp3) is 0.471. The molecule has 0 bridgehead atoms. The highest BCUT2D eigenvalue weighted by atomic mass is 19.1. The van der Waals surface area contributed by atoms with Crippen molar-refractivity contribution in [1.29, 1.82) is 0 Å². The number of esters is 1. The molecule has 1 saturated heterocycles. The number of methoxy groups -OCH3 is 1. The lowest BCUT2D eigenvalue weighted by Crippen LogP contribution is -2.41. The minimum absolute atomic E-state index is 0.0688. The zero-order valence-corrected chi connectivity index (χ0v) is 14.2. The Bertz CT molecular complexity index is 656. The predicted molar refractivity (Wildman–Crippen MR) is 87.7 cm³/mol. The van der Waals surface area contributed by atoms with Crippen LogP contribution in [0.5, 0.6) is 0 Å². The molecule has 1 aromatic carbocycles. The Morgan fingerprint density at radius 1 is 1.28 bits per heavy atom. The molecule has 8 heteroatoms. The van der Waals surface area contributed by atoms with Crippen molar-refractivity contribution in [2.45, 2.75) is 19.8 Å². The van der Waals surface area contributed by atoms with E-state index in [-0.39, 0.29) is 23.1 Å². The maximum atomic E-state index is 13.9. The van der Waals surface area contributed by atoms with Gasteiger partial charge in [-0.25, -0.2) is 14.0 Å². The molecule has 1 aliphatic rings. The molecule has 1 fully saturated rings. The van der Waals surface area contributed by atoms with E-state index in [1.54, 1.807) is 11.8 Å². The number of carbonyl (C=O) groups is 3. The third-order valence-corrected chi connectivity index (χ3v) is 4.04. The van der Waals surface area contributed by atoms with Crippen LogP contribution in [-0.4, -0.2) is 49.7 Å². The average Bonchev–Trinajstić information content (AvgIpc) is 2.63. The fourth-order valence-electron chi connectivity index (χ4n) is 2.64. The largest absolute Gasteiger partial charge is 0.465 e. The monoisotopic (exact) mass is 352 g/mol. The first-order chi connectivity index (χ1) is 12.0. The van der Waals surface area contributed by atoms with Crippen molar-refractivity contribution in [2.75, 3.05) is 32.1 Å². The number of ether oxygens (including phenoxy) is 2. The zero-order valence-electron chi connectivity index (χ0n) is 14.2. The molecule has 136 valence electrons. The molecule has 2 rings (SSSR count). The number of hydrogen-bond donors (Lipinski definition) is 1. The van der Waals surface area contributed by atoms with Crippen molar-refractivity contribution in [3.63, 3.8) is 0 Å². The summed E-state index contributed by atoms with van der Waals surface area (Å²) in [5.41, 5.74) is 0.0806. The van der Waals surface area contributed by atoms with Crippen LogP contribution < -0.4 is 5.32 Å². The van der Waals surface area contributed by atoms with Crippen molar-refractivity contribution in [1.82, 2.24) is 4.90 Å². The van der Waals surface area contributed by atoms with Crippen molar-refractivity contribution >= 4 is 23.7 Å². The molecular weight excluding hydrogens is 331 g/mol. The van der Waals surface area contributed by atoms with Crippen LogP contribution in [0.2, 0.25) is 0 Å². The van der Waals surface area contributed by atoms with Gasteiger partial charge in [-0.1, -0.05) is 0 Å². The van der Waals surface area contributed by atoms with Crippen LogP contribution in [0.4, 0.5) is 14.9 Å². The summed E-state index contributed by atoms with van der Waals surface area (Å²) in [7, 11) is 1.22. The van der Waals surface area contributed by atoms with Gasteiger partial charge < -0.3 is 19.7 Å². The minimum Gasteiger partial charge on any atom is -0.465 e. The predicted octanol–water partition coefficient (Wildman–Crippen LogP) is 2.42. The molecule has 0 spiro atoms. The smallest absolute Gasteiger partial charge is 0.409 e. The summed E-state index contributed by atoms with van der Waals surface area (Å²) in [6.45, 7) is 2.84. The molecule has 0 radical (unpaired) electrons. The standard InChI is InChI=1S/C17H21FN2O5/c1-3-25-17(23)20-8-6-11(7-9-20)15(21)19-14-10-12(16(22)24-2)4-5-13(14)18/h4-5,10-11H,3,6-9H2,1-2H3,(H,19,21). The third-order valence-electron chi connectivity index (χ3n) is 4.04. The molecule has 7 nitrogen and oxygen atoms in total. The molecule has 1 aliphatic heterocycles. The minimum atomic E-state index is -0.634. The number of amides is 2. The molecule has 1 aromatic rings. The van der Waals surface area contributed by atoms with Gasteiger partial charge in [-0.3, -0.25) is 4.79 Å². The topological polar surface area (TPSA) is 84.9 Å². The highest BCUT2D eigenvalue weighted by Gasteiger charge is 2.28. The number of piperidine rings is 1. The van der Waals surface area contributed by atoms with Crippen LogP contribution in [0, 0.1) is 11.7 Å². The number of halogens is 1. The zero-order chi connectivity index (χ0) is 18.4. The average molecular weight is 352 g/mol. The number of nitrogens with one attached hydrogen (secondary N) is 1. The molecule has 2 amide bonds. The Morgan fingerprint density at radius 2 is 1.96 bits per heavy atom. The molecule has 0 atom stereocenters. The van der Waals surface area contributed by atoms with Crippen molar-refractivity contribution in [3.05, 3.63) is 29.6 Å². The van der Waals surface area contributed by atoms with Crippen LogP contribution in [0.15, 0.2) is 18.2 Å². The Hall–Kier alpha value is -2.64. The van der Waals surface area contributed by atoms with Gasteiger partial charge in [0.1, 0.15) is 5.82 Å². The van der Waals surface area contributed by atoms with Gasteiger partial charge in [0.15, 0.2) is 0 Å². The number of nitrogens with zero attached hydrogens (tertiary/aromatic N) is 1. The van der Waals surface area contributed by atoms with Gasteiger partial charge in [0.25, 0.3) is 0 Å². The maximum absolute atomic E-state index is 13.9. The first kappa shape index (κ1) is 18.7. The highest BCUT2D eigenvalue weighted by Crippen LogP contribution is 2.22. The Morgan fingerprint density at radius 3 is 2.56 bits per heavy atom. The highest BCUT2D eigenvalue weighted by molar-refractivity contribution is 5.95. The summed E-state index contributed by atoms with van der Waals surface area (Å²) in [6.07, 6.45) is 0.532. The van der Waals surface area contributed by atoms with Crippen LogP contribution in [0.3, 0.4) is 0 Å². The van der Waals surface area contributed by atoms with E-state index in [9.17, 15) is 18.8 Å². The lowest BCUT2D eigenvalue weighted by Gasteiger charge is -2.30. The maximum Gasteiger partial charge on any atom is 0.409 e. The molecule has 0 aromatic heterocycles. The van der Waals surface area contributed by atoms with E-state index >= 15 is 0 Å². The van der Waals surface area contributed by atoms with E-state index in [1.165, 1.54) is 19.2 Å². The molecule has 0 unspecified atom stereocenters. The number of anilines is 1. The van der Waals surface area contributed by atoms with E-state index in [0.29, 0.717) is 32.5 Å². The Balaban J connectivity index is 1.97. The lowest BCUT2D eigenvalue weighted by molar-refractivity contribution is -0.121. The van der Waals surface area contributed by atoms with Gasteiger partial charge >= 0.3 is 12.1 Å². The summed E-state index contributed by atoms with van der Waals surface area (Å²) < 4.78 is 23.4. The number of rotatable bonds is 4. The van der Waals surface area contributed by atoms with E-state index < -0.39 is 17.9 Å². The van der Waals surface area contributed by atoms with Crippen LogP contribution in [-0.2, 0) is 14.3 Å². The van der Waals surface area contributed by atoms with Crippen molar-refractivity contribution in [2.24, 2.45) is 5.92 Å². The lowest BCUT2D eigenvalue weighted by atomic mass is 9.96. The van der Waals surface area contributed by atoms with Crippen molar-refractivity contribution < 1.29 is 28.2 Å². The summed E-state index contributed by atoms with van der Waals surface area (Å²) in [5, 5.41) is 2.51. The molecular formula is C17H21FN2O5. The van der Waals surface area contributed by atoms with Gasteiger partial charge in [-0.05, 0) is 38.0 Å². The molecule has 25 heavy (non-hydrogen) atoms. The van der Waals surface area contributed by atoms with Crippen LogP contribution in [0.1, 0.15) is 30.1 Å². The molecule has 1 N–H and O–H groups in total. The quantitative estimate of drug-likeness (QED) is 0.841.